The molecule has 0 spiro atoms. The van der Waals surface area contributed by atoms with Gasteiger partial charge in [0.1, 0.15) is 6.04 Å². The molecule has 1 fully saturated rings. The third-order valence-corrected chi connectivity index (χ3v) is 3.40. The molecule has 3 atom stereocenters. The highest BCUT2D eigenvalue weighted by molar-refractivity contribution is 5.84. The molecule has 0 radical (unpaired) electrons. The van der Waals surface area contributed by atoms with Crippen LogP contribution in [0.2, 0.25) is 0 Å². The molecule has 1 amide bonds. The van der Waals surface area contributed by atoms with E-state index >= 15 is 0 Å². The van der Waals surface area contributed by atoms with Gasteiger partial charge in [-0.1, -0.05) is 20.3 Å². The summed E-state index contributed by atoms with van der Waals surface area (Å²) in [5.74, 6) is -0.531. The molecule has 1 aliphatic heterocycles. The van der Waals surface area contributed by atoms with Crippen molar-refractivity contribution in [3.63, 3.8) is 0 Å². The summed E-state index contributed by atoms with van der Waals surface area (Å²) in [5.41, 5.74) is 0. The van der Waals surface area contributed by atoms with Crippen molar-refractivity contribution in [3.8, 4) is 0 Å². The van der Waals surface area contributed by atoms with Crippen LogP contribution in [0.1, 0.15) is 26.7 Å². The molecule has 0 aromatic carbocycles. The van der Waals surface area contributed by atoms with E-state index in [-0.39, 0.29) is 24.3 Å². The van der Waals surface area contributed by atoms with E-state index in [1.165, 1.54) is 7.11 Å². The first kappa shape index (κ1) is 15.9. The van der Waals surface area contributed by atoms with Crippen molar-refractivity contribution in [2.75, 3.05) is 26.8 Å². The summed E-state index contributed by atoms with van der Waals surface area (Å²) < 4.78 is 10.2. The van der Waals surface area contributed by atoms with E-state index in [1.807, 2.05) is 13.8 Å². The van der Waals surface area contributed by atoms with Gasteiger partial charge in [0.25, 0.3) is 0 Å². The number of ether oxygens (including phenoxy) is 2. The quantitative estimate of drug-likeness (QED) is 0.669. The fourth-order valence-electron chi connectivity index (χ4n) is 1.99. The largest absolute Gasteiger partial charge is 0.467 e. The predicted octanol–water partition coefficient (Wildman–Crippen LogP) is 0.0688. The van der Waals surface area contributed by atoms with Crippen molar-refractivity contribution in [1.82, 2.24) is 10.6 Å². The number of nitrogens with one attached hydrogen (secondary N) is 2. The maximum Gasteiger partial charge on any atom is 0.328 e. The maximum absolute atomic E-state index is 11.9. The number of morpholine rings is 1. The second kappa shape index (κ2) is 8.12. The molecule has 19 heavy (non-hydrogen) atoms. The molecule has 110 valence electrons. The zero-order valence-electron chi connectivity index (χ0n) is 11.9. The first-order valence-corrected chi connectivity index (χ1v) is 6.78. The van der Waals surface area contributed by atoms with E-state index in [0.717, 1.165) is 13.0 Å². The van der Waals surface area contributed by atoms with Gasteiger partial charge in [-0.2, -0.15) is 0 Å². The van der Waals surface area contributed by atoms with E-state index in [1.54, 1.807) is 0 Å². The van der Waals surface area contributed by atoms with Crippen molar-refractivity contribution in [1.29, 1.82) is 0 Å². The number of rotatable bonds is 6. The van der Waals surface area contributed by atoms with E-state index in [2.05, 4.69) is 10.6 Å². The number of methoxy groups -OCH3 is 1. The van der Waals surface area contributed by atoms with Crippen molar-refractivity contribution < 1.29 is 19.1 Å². The second-order valence-corrected chi connectivity index (χ2v) is 4.85. The summed E-state index contributed by atoms with van der Waals surface area (Å²) in [6.45, 7) is 5.99. The standard InChI is InChI=1S/C13H24N2O4/c1-4-9(2)12(13(17)18-3)15-11(16)7-10-8-14-5-6-19-10/h9-10,12,14H,4-8H2,1-3H3,(H,15,16). The Labute approximate surface area is 114 Å². The van der Waals surface area contributed by atoms with Gasteiger partial charge in [0, 0.05) is 13.1 Å². The van der Waals surface area contributed by atoms with Crippen molar-refractivity contribution in [3.05, 3.63) is 0 Å². The molecule has 6 heteroatoms. The summed E-state index contributed by atoms with van der Waals surface area (Å²) in [4.78, 5) is 23.6. The molecule has 2 N–H and O–H groups in total. The smallest absolute Gasteiger partial charge is 0.328 e. The first-order chi connectivity index (χ1) is 9.08. The lowest BCUT2D eigenvalue weighted by Gasteiger charge is -2.25. The Kier molecular flexibility index (Phi) is 6.80. The second-order valence-electron chi connectivity index (χ2n) is 4.85. The number of hydrogen-bond donors (Lipinski definition) is 2. The summed E-state index contributed by atoms with van der Waals surface area (Å²) >= 11 is 0. The Morgan fingerprint density at radius 1 is 1.53 bits per heavy atom. The van der Waals surface area contributed by atoms with E-state index in [0.29, 0.717) is 13.2 Å². The van der Waals surface area contributed by atoms with E-state index in [9.17, 15) is 9.59 Å². The lowest BCUT2D eigenvalue weighted by Crippen LogP contribution is -2.48. The van der Waals surface area contributed by atoms with Gasteiger partial charge in [-0.3, -0.25) is 4.79 Å². The molecule has 1 aliphatic rings. The number of esters is 1. The molecule has 1 heterocycles. The minimum Gasteiger partial charge on any atom is -0.467 e. The van der Waals surface area contributed by atoms with Crippen LogP contribution in [0.4, 0.5) is 0 Å². The highest BCUT2D eigenvalue weighted by Gasteiger charge is 2.27. The van der Waals surface area contributed by atoms with Crippen LogP contribution in [-0.4, -0.2) is 50.8 Å². The molecular formula is C13H24N2O4. The Morgan fingerprint density at radius 2 is 2.26 bits per heavy atom. The Hall–Kier alpha value is -1.14. The summed E-state index contributed by atoms with van der Waals surface area (Å²) in [6.07, 6.45) is 0.933. The monoisotopic (exact) mass is 272 g/mol. The average molecular weight is 272 g/mol. The summed E-state index contributed by atoms with van der Waals surface area (Å²) in [6, 6.07) is -0.584. The molecular weight excluding hydrogens is 248 g/mol. The van der Waals surface area contributed by atoms with Crippen LogP contribution in [0.3, 0.4) is 0 Å². The Morgan fingerprint density at radius 3 is 2.79 bits per heavy atom. The van der Waals surface area contributed by atoms with Crippen LogP contribution in [-0.2, 0) is 19.1 Å². The predicted molar refractivity (Wildman–Crippen MR) is 70.6 cm³/mol. The van der Waals surface area contributed by atoms with Crippen LogP contribution in [0.25, 0.3) is 0 Å². The molecule has 6 nitrogen and oxygen atoms in total. The average Bonchev–Trinajstić information content (AvgIpc) is 2.44. The van der Waals surface area contributed by atoms with Gasteiger partial charge in [0.2, 0.25) is 5.91 Å². The fraction of sp³-hybridized carbons (Fsp3) is 0.846. The molecule has 0 aromatic rings. The van der Waals surface area contributed by atoms with Crippen LogP contribution in [0.15, 0.2) is 0 Å². The number of amides is 1. The SMILES string of the molecule is CCC(C)C(NC(=O)CC1CNCCO1)C(=O)OC. The lowest BCUT2D eigenvalue weighted by atomic mass is 9.99. The van der Waals surface area contributed by atoms with Gasteiger partial charge in [0.05, 0.1) is 26.2 Å². The minimum absolute atomic E-state index is 0.0433. The van der Waals surface area contributed by atoms with Crippen LogP contribution >= 0.6 is 0 Å². The van der Waals surface area contributed by atoms with Crippen LogP contribution in [0.5, 0.6) is 0 Å². The van der Waals surface area contributed by atoms with Gasteiger partial charge < -0.3 is 20.1 Å². The molecule has 3 unspecified atom stereocenters. The molecule has 0 bridgehead atoms. The van der Waals surface area contributed by atoms with E-state index in [4.69, 9.17) is 9.47 Å². The fourth-order valence-corrected chi connectivity index (χ4v) is 1.99. The summed E-state index contributed by atoms with van der Waals surface area (Å²) in [7, 11) is 1.33. The van der Waals surface area contributed by atoms with Gasteiger partial charge in [0.15, 0.2) is 0 Å². The van der Waals surface area contributed by atoms with Crippen LogP contribution in [0, 0.1) is 5.92 Å². The normalized spacial score (nSPS) is 22.4. The molecule has 1 rings (SSSR count). The summed E-state index contributed by atoms with van der Waals surface area (Å²) in [5, 5.41) is 5.91. The third-order valence-electron chi connectivity index (χ3n) is 3.40. The topological polar surface area (TPSA) is 76.7 Å². The van der Waals surface area contributed by atoms with Crippen LogP contribution < -0.4 is 10.6 Å². The highest BCUT2D eigenvalue weighted by Crippen LogP contribution is 2.10. The minimum atomic E-state index is -0.584. The number of carbonyl (C=O) groups excluding carboxylic acids is 2. The van der Waals surface area contributed by atoms with Crippen molar-refractivity contribution >= 4 is 11.9 Å². The van der Waals surface area contributed by atoms with Crippen molar-refractivity contribution in [2.24, 2.45) is 5.92 Å². The maximum atomic E-state index is 11.9. The Bertz CT molecular complexity index is 303. The van der Waals surface area contributed by atoms with Gasteiger partial charge >= 0.3 is 5.97 Å². The molecule has 0 aliphatic carbocycles. The number of hydrogen-bond acceptors (Lipinski definition) is 5. The third kappa shape index (κ3) is 5.16. The zero-order chi connectivity index (χ0) is 14.3. The van der Waals surface area contributed by atoms with E-state index < -0.39 is 12.0 Å². The zero-order valence-corrected chi connectivity index (χ0v) is 11.9. The highest BCUT2D eigenvalue weighted by atomic mass is 16.5. The number of carbonyl (C=O) groups is 2. The molecule has 1 saturated heterocycles. The molecule has 0 saturated carbocycles. The van der Waals surface area contributed by atoms with Gasteiger partial charge in [-0.05, 0) is 5.92 Å². The lowest BCUT2D eigenvalue weighted by molar-refractivity contribution is -0.147. The van der Waals surface area contributed by atoms with Gasteiger partial charge in [-0.15, -0.1) is 0 Å². The van der Waals surface area contributed by atoms with Gasteiger partial charge in [-0.25, -0.2) is 4.79 Å². The molecule has 0 aromatic heterocycles. The Balaban J connectivity index is 2.48. The van der Waals surface area contributed by atoms with Crippen molar-refractivity contribution in [2.45, 2.75) is 38.8 Å². The first-order valence-electron chi connectivity index (χ1n) is 6.78.